The van der Waals surface area contributed by atoms with Crippen LogP contribution >= 0.6 is 0 Å². The SMILES string of the molecule is CCCCCCNc1nc(NN)cn2ccnc12. The molecule has 98 valence electrons. The molecule has 0 saturated carbocycles. The third kappa shape index (κ3) is 2.89. The molecule has 18 heavy (non-hydrogen) atoms. The second-order valence-electron chi connectivity index (χ2n) is 4.26. The van der Waals surface area contributed by atoms with Gasteiger partial charge in [-0.05, 0) is 6.42 Å². The highest BCUT2D eigenvalue weighted by Gasteiger charge is 2.06. The Morgan fingerprint density at radius 3 is 3.00 bits per heavy atom. The number of anilines is 2. The molecule has 6 heteroatoms. The van der Waals surface area contributed by atoms with Gasteiger partial charge in [-0.25, -0.2) is 15.8 Å². The minimum atomic E-state index is 0.622. The summed E-state index contributed by atoms with van der Waals surface area (Å²) in [7, 11) is 0. The summed E-state index contributed by atoms with van der Waals surface area (Å²) < 4.78 is 1.90. The van der Waals surface area contributed by atoms with E-state index in [0.29, 0.717) is 5.82 Å². The summed E-state index contributed by atoms with van der Waals surface area (Å²) in [6.45, 7) is 3.11. The fourth-order valence-electron chi connectivity index (χ4n) is 1.88. The fraction of sp³-hybridized carbons (Fsp3) is 0.500. The van der Waals surface area contributed by atoms with Crippen LogP contribution in [-0.4, -0.2) is 20.9 Å². The molecule has 2 heterocycles. The smallest absolute Gasteiger partial charge is 0.180 e. The van der Waals surface area contributed by atoms with E-state index in [-0.39, 0.29) is 0 Å². The third-order valence-electron chi connectivity index (χ3n) is 2.84. The lowest BCUT2D eigenvalue weighted by Gasteiger charge is -2.09. The maximum absolute atomic E-state index is 5.40. The average Bonchev–Trinajstić information content (AvgIpc) is 2.86. The Hall–Kier alpha value is -1.82. The van der Waals surface area contributed by atoms with E-state index in [1.54, 1.807) is 6.20 Å². The van der Waals surface area contributed by atoms with E-state index in [0.717, 1.165) is 24.4 Å². The van der Waals surface area contributed by atoms with Crippen LogP contribution in [0, 0.1) is 0 Å². The van der Waals surface area contributed by atoms with Crippen LogP contribution in [0.3, 0.4) is 0 Å². The van der Waals surface area contributed by atoms with Crippen LogP contribution in [0.25, 0.3) is 5.65 Å². The van der Waals surface area contributed by atoms with Gasteiger partial charge in [-0.1, -0.05) is 26.2 Å². The lowest BCUT2D eigenvalue weighted by atomic mass is 10.2. The summed E-state index contributed by atoms with van der Waals surface area (Å²) in [5.41, 5.74) is 3.38. The molecule has 0 aliphatic heterocycles. The Morgan fingerprint density at radius 1 is 1.33 bits per heavy atom. The first-order valence-electron chi connectivity index (χ1n) is 6.39. The number of aromatic nitrogens is 3. The number of nitrogen functional groups attached to an aromatic ring is 1. The minimum absolute atomic E-state index is 0.622. The molecule has 2 rings (SSSR count). The van der Waals surface area contributed by atoms with Gasteiger partial charge in [0.1, 0.15) is 0 Å². The van der Waals surface area contributed by atoms with Crippen LogP contribution in [0.4, 0.5) is 11.6 Å². The number of hydrogen-bond acceptors (Lipinski definition) is 5. The standard InChI is InChI=1S/C12H20N6/c1-2-3-4-5-6-14-11-12-15-7-8-18(12)9-10(16-11)17-13/h7-9,17H,2-6,13H2,1H3,(H,14,16). The van der Waals surface area contributed by atoms with E-state index in [9.17, 15) is 0 Å². The molecule has 0 fully saturated rings. The predicted molar refractivity (Wildman–Crippen MR) is 73.4 cm³/mol. The van der Waals surface area contributed by atoms with Crippen LogP contribution in [0.15, 0.2) is 18.6 Å². The summed E-state index contributed by atoms with van der Waals surface area (Å²) in [6.07, 6.45) is 10.3. The first kappa shape index (κ1) is 12.6. The highest BCUT2D eigenvalue weighted by Crippen LogP contribution is 2.15. The average molecular weight is 248 g/mol. The van der Waals surface area contributed by atoms with Crippen molar-refractivity contribution in [2.24, 2.45) is 5.84 Å². The van der Waals surface area contributed by atoms with Crippen LogP contribution < -0.4 is 16.6 Å². The monoisotopic (exact) mass is 248 g/mol. The molecule has 0 aliphatic carbocycles. The molecular formula is C12H20N6. The molecule has 0 aliphatic rings. The number of nitrogens with zero attached hydrogens (tertiary/aromatic N) is 3. The first-order chi connectivity index (χ1) is 8.85. The predicted octanol–water partition coefficient (Wildman–Crippen LogP) is 2.01. The molecule has 6 nitrogen and oxygen atoms in total. The Labute approximate surface area is 107 Å². The van der Waals surface area contributed by atoms with E-state index < -0.39 is 0 Å². The van der Waals surface area contributed by atoms with E-state index in [1.807, 2.05) is 16.8 Å². The number of rotatable bonds is 7. The summed E-state index contributed by atoms with van der Waals surface area (Å²) >= 11 is 0. The maximum atomic E-state index is 5.40. The van der Waals surface area contributed by atoms with Crippen molar-refractivity contribution in [3.05, 3.63) is 18.6 Å². The quantitative estimate of drug-likeness (QED) is 0.397. The molecule has 0 unspecified atom stereocenters. The largest absolute Gasteiger partial charge is 0.367 e. The second kappa shape index (κ2) is 6.20. The van der Waals surface area contributed by atoms with Gasteiger partial charge in [-0.15, -0.1) is 0 Å². The summed E-state index contributed by atoms with van der Waals surface area (Å²) in [5, 5.41) is 3.32. The van der Waals surface area contributed by atoms with Crippen molar-refractivity contribution >= 4 is 17.3 Å². The minimum Gasteiger partial charge on any atom is -0.367 e. The molecule has 0 aromatic carbocycles. The second-order valence-corrected chi connectivity index (χ2v) is 4.26. The maximum Gasteiger partial charge on any atom is 0.180 e. The topological polar surface area (TPSA) is 80.3 Å². The normalized spacial score (nSPS) is 10.8. The van der Waals surface area contributed by atoms with Gasteiger partial charge < -0.3 is 15.1 Å². The summed E-state index contributed by atoms with van der Waals surface area (Å²) in [5.74, 6) is 6.79. The third-order valence-corrected chi connectivity index (χ3v) is 2.84. The summed E-state index contributed by atoms with van der Waals surface area (Å²) in [6, 6.07) is 0. The Bertz CT molecular complexity index is 492. The Balaban J connectivity index is 2.04. The molecule has 0 radical (unpaired) electrons. The van der Waals surface area contributed by atoms with Gasteiger partial charge in [-0.2, -0.15) is 0 Å². The fourth-order valence-corrected chi connectivity index (χ4v) is 1.88. The van der Waals surface area contributed by atoms with Gasteiger partial charge in [0.15, 0.2) is 17.3 Å². The van der Waals surface area contributed by atoms with Gasteiger partial charge in [0.25, 0.3) is 0 Å². The molecule has 0 spiro atoms. The van der Waals surface area contributed by atoms with Gasteiger partial charge in [0.2, 0.25) is 0 Å². The van der Waals surface area contributed by atoms with Crippen molar-refractivity contribution in [1.29, 1.82) is 0 Å². The first-order valence-corrected chi connectivity index (χ1v) is 6.39. The number of nitrogens with two attached hydrogens (primary N) is 1. The molecule has 2 aromatic rings. The molecule has 0 atom stereocenters. The van der Waals surface area contributed by atoms with Crippen molar-refractivity contribution in [3.8, 4) is 0 Å². The highest BCUT2D eigenvalue weighted by atomic mass is 15.3. The number of unbranched alkanes of at least 4 members (excludes halogenated alkanes) is 3. The van der Waals surface area contributed by atoms with Gasteiger partial charge in [-0.3, -0.25) is 0 Å². The Morgan fingerprint density at radius 2 is 2.22 bits per heavy atom. The lowest BCUT2D eigenvalue weighted by molar-refractivity contribution is 0.684. The molecule has 0 saturated heterocycles. The number of nitrogens with one attached hydrogen (secondary N) is 2. The zero-order valence-corrected chi connectivity index (χ0v) is 10.7. The van der Waals surface area contributed by atoms with Crippen LogP contribution in [0.5, 0.6) is 0 Å². The number of imidazole rings is 1. The molecule has 4 N–H and O–H groups in total. The zero-order valence-electron chi connectivity index (χ0n) is 10.7. The van der Waals surface area contributed by atoms with Crippen molar-refractivity contribution in [2.75, 3.05) is 17.3 Å². The lowest BCUT2D eigenvalue weighted by Crippen LogP contribution is -2.12. The van der Waals surface area contributed by atoms with Crippen molar-refractivity contribution in [2.45, 2.75) is 32.6 Å². The van der Waals surface area contributed by atoms with Gasteiger partial charge in [0.05, 0.1) is 6.20 Å². The van der Waals surface area contributed by atoms with E-state index in [1.165, 1.54) is 19.3 Å². The highest BCUT2D eigenvalue weighted by molar-refractivity contribution is 5.65. The van der Waals surface area contributed by atoms with Crippen molar-refractivity contribution in [3.63, 3.8) is 0 Å². The van der Waals surface area contributed by atoms with Crippen LogP contribution in [-0.2, 0) is 0 Å². The molecular weight excluding hydrogens is 228 g/mol. The number of hydrogen-bond donors (Lipinski definition) is 3. The van der Waals surface area contributed by atoms with Crippen LogP contribution in [0.1, 0.15) is 32.6 Å². The van der Waals surface area contributed by atoms with E-state index in [4.69, 9.17) is 5.84 Å². The van der Waals surface area contributed by atoms with Crippen molar-refractivity contribution in [1.82, 2.24) is 14.4 Å². The number of fused-ring (bicyclic) bond motifs is 1. The molecule has 0 bridgehead atoms. The Kier molecular flexibility index (Phi) is 4.35. The number of hydrazine groups is 1. The zero-order chi connectivity index (χ0) is 12.8. The molecule has 0 amide bonds. The van der Waals surface area contributed by atoms with Gasteiger partial charge >= 0.3 is 0 Å². The van der Waals surface area contributed by atoms with Crippen molar-refractivity contribution < 1.29 is 0 Å². The summed E-state index contributed by atoms with van der Waals surface area (Å²) in [4.78, 5) is 8.66. The van der Waals surface area contributed by atoms with E-state index in [2.05, 4.69) is 27.6 Å². The van der Waals surface area contributed by atoms with Crippen LogP contribution in [0.2, 0.25) is 0 Å². The van der Waals surface area contributed by atoms with E-state index >= 15 is 0 Å². The molecule has 2 aromatic heterocycles. The van der Waals surface area contributed by atoms with Gasteiger partial charge in [0, 0.05) is 18.9 Å².